The van der Waals surface area contributed by atoms with Crippen molar-refractivity contribution < 1.29 is 22.3 Å². The molecule has 2 N–H and O–H groups in total. The zero-order valence-corrected chi connectivity index (χ0v) is 20.1. The van der Waals surface area contributed by atoms with Gasteiger partial charge in [0.25, 0.3) is 15.9 Å². The van der Waals surface area contributed by atoms with E-state index in [2.05, 4.69) is 10.0 Å². The standard InChI is InChI=1S/C24H25FN2O4S2/c1-16-14-22(33(29,30)27-20-8-6-19(25)7-9-20)12-13-23(16)31-15-24(28)26-17(2)18-4-10-21(32-3)11-5-18/h4-14,17,27H,15H2,1-3H3,(H,26,28)/t17-/m0/s1. The molecule has 9 heteroatoms. The third-order valence-electron chi connectivity index (χ3n) is 4.91. The lowest BCUT2D eigenvalue weighted by Gasteiger charge is -2.16. The van der Waals surface area contributed by atoms with Crippen molar-refractivity contribution in [1.29, 1.82) is 0 Å². The summed E-state index contributed by atoms with van der Waals surface area (Å²) in [6.45, 7) is 3.39. The van der Waals surface area contributed by atoms with Gasteiger partial charge in [0.05, 0.1) is 10.9 Å². The normalized spacial score (nSPS) is 12.1. The fourth-order valence-electron chi connectivity index (χ4n) is 3.09. The van der Waals surface area contributed by atoms with Gasteiger partial charge in [0.1, 0.15) is 11.6 Å². The molecule has 3 aromatic carbocycles. The van der Waals surface area contributed by atoms with Gasteiger partial charge in [-0.25, -0.2) is 12.8 Å². The van der Waals surface area contributed by atoms with Crippen LogP contribution in [0.2, 0.25) is 0 Å². The number of sulfonamides is 1. The molecule has 0 aliphatic rings. The van der Waals surface area contributed by atoms with E-state index in [1.165, 1.54) is 42.5 Å². The minimum atomic E-state index is -3.86. The number of carbonyl (C=O) groups is 1. The lowest BCUT2D eigenvalue weighted by atomic mass is 10.1. The van der Waals surface area contributed by atoms with E-state index < -0.39 is 15.8 Å². The van der Waals surface area contributed by atoms with Crippen molar-refractivity contribution in [3.05, 3.63) is 83.7 Å². The molecule has 0 heterocycles. The first kappa shape index (κ1) is 24.6. The molecule has 3 aromatic rings. The van der Waals surface area contributed by atoms with Crippen LogP contribution in [0.25, 0.3) is 0 Å². The molecule has 174 valence electrons. The van der Waals surface area contributed by atoms with Crippen molar-refractivity contribution in [2.24, 2.45) is 0 Å². The Balaban J connectivity index is 1.59. The second-order valence-electron chi connectivity index (χ2n) is 7.39. The Kier molecular flexibility index (Phi) is 7.99. The highest BCUT2D eigenvalue weighted by Crippen LogP contribution is 2.24. The van der Waals surface area contributed by atoms with Gasteiger partial charge < -0.3 is 10.1 Å². The van der Waals surface area contributed by atoms with Crippen LogP contribution < -0.4 is 14.8 Å². The summed E-state index contributed by atoms with van der Waals surface area (Å²) < 4.78 is 46.2. The van der Waals surface area contributed by atoms with Gasteiger partial charge in [-0.05, 0) is 85.8 Å². The summed E-state index contributed by atoms with van der Waals surface area (Å²) in [5.41, 5.74) is 1.80. The molecule has 0 fully saturated rings. The van der Waals surface area contributed by atoms with E-state index in [9.17, 15) is 17.6 Å². The van der Waals surface area contributed by atoms with Gasteiger partial charge >= 0.3 is 0 Å². The lowest BCUT2D eigenvalue weighted by Crippen LogP contribution is -2.31. The number of hydrogen-bond acceptors (Lipinski definition) is 5. The first-order chi connectivity index (χ1) is 15.7. The van der Waals surface area contributed by atoms with Gasteiger partial charge in [-0.15, -0.1) is 11.8 Å². The molecule has 0 spiro atoms. The largest absolute Gasteiger partial charge is 0.484 e. The molecule has 0 saturated heterocycles. The van der Waals surface area contributed by atoms with Crippen molar-refractivity contribution in [2.45, 2.75) is 29.7 Å². The molecule has 3 rings (SSSR count). The van der Waals surface area contributed by atoms with Crippen molar-refractivity contribution in [3.63, 3.8) is 0 Å². The highest BCUT2D eigenvalue weighted by Gasteiger charge is 2.17. The quantitative estimate of drug-likeness (QED) is 0.418. The Morgan fingerprint density at radius 1 is 1.06 bits per heavy atom. The molecule has 0 aliphatic carbocycles. The molecule has 33 heavy (non-hydrogen) atoms. The van der Waals surface area contributed by atoms with E-state index in [1.807, 2.05) is 37.4 Å². The summed E-state index contributed by atoms with van der Waals surface area (Å²) >= 11 is 1.65. The Morgan fingerprint density at radius 3 is 2.33 bits per heavy atom. The Morgan fingerprint density at radius 2 is 1.73 bits per heavy atom. The molecule has 1 amide bonds. The fourth-order valence-corrected chi connectivity index (χ4v) is 4.64. The third-order valence-corrected chi connectivity index (χ3v) is 7.03. The number of rotatable bonds is 9. The first-order valence-electron chi connectivity index (χ1n) is 10.1. The van der Waals surface area contributed by atoms with E-state index in [0.717, 1.165) is 10.5 Å². The maximum Gasteiger partial charge on any atom is 0.261 e. The summed E-state index contributed by atoms with van der Waals surface area (Å²) in [5.74, 6) is -0.337. The van der Waals surface area contributed by atoms with Gasteiger partial charge in [0.15, 0.2) is 6.61 Å². The summed E-state index contributed by atoms with van der Waals surface area (Å²) in [6, 6.07) is 17.2. The maximum atomic E-state index is 13.0. The predicted molar refractivity (Wildman–Crippen MR) is 129 cm³/mol. The number of hydrogen-bond donors (Lipinski definition) is 2. The number of ether oxygens (including phenoxy) is 1. The maximum absolute atomic E-state index is 13.0. The van der Waals surface area contributed by atoms with Crippen LogP contribution in [0, 0.1) is 12.7 Å². The minimum absolute atomic E-state index is 0.0310. The van der Waals surface area contributed by atoms with Crippen LogP contribution in [0.5, 0.6) is 5.75 Å². The lowest BCUT2D eigenvalue weighted by molar-refractivity contribution is -0.123. The van der Waals surface area contributed by atoms with Gasteiger partial charge in [0.2, 0.25) is 0 Å². The first-order valence-corrected chi connectivity index (χ1v) is 12.8. The zero-order valence-electron chi connectivity index (χ0n) is 18.5. The second-order valence-corrected chi connectivity index (χ2v) is 9.95. The molecule has 0 aromatic heterocycles. The van der Waals surface area contributed by atoms with Gasteiger partial charge in [-0.3, -0.25) is 9.52 Å². The molecule has 1 atom stereocenters. The van der Waals surface area contributed by atoms with Gasteiger partial charge in [-0.1, -0.05) is 12.1 Å². The second kappa shape index (κ2) is 10.7. The molecule has 0 radical (unpaired) electrons. The predicted octanol–water partition coefficient (Wildman–Crippen LogP) is 4.91. The third kappa shape index (κ3) is 6.72. The molecule has 0 saturated carbocycles. The van der Waals surface area contributed by atoms with E-state index in [4.69, 9.17) is 4.74 Å². The van der Waals surface area contributed by atoms with Gasteiger partial charge in [-0.2, -0.15) is 0 Å². The van der Waals surface area contributed by atoms with Crippen LogP contribution in [0.15, 0.2) is 76.5 Å². The summed E-state index contributed by atoms with van der Waals surface area (Å²) in [6.07, 6.45) is 2.00. The van der Waals surface area contributed by atoms with E-state index in [0.29, 0.717) is 11.3 Å². The monoisotopic (exact) mass is 488 g/mol. The number of thioether (sulfide) groups is 1. The SMILES string of the molecule is CSc1ccc([C@H](C)NC(=O)COc2ccc(S(=O)(=O)Nc3ccc(F)cc3)cc2C)cc1. The van der Waals surface area contributed by atoms with Crippen molar-refractivity contribution in [1.82, 2.24) is 5.32 Å². The Bertz CT molecular complexity index is 1210. The highest BCUT2D eigenvalue weighted by atomic mass is 32.2. The number of halogens is 1. The molecule has 0 aliphatic heterocycles. The van der Waals surface area contributed by atoms with Crippen molar-refractivity contribution >= 4 is 33.4 Å². The number of amides is 1. The smallest absolute Gasteiger partial charge is 0.261 e. The average Bonchev–Trinajstić information content (AvgIpc) is 2.79. The topological polar surface area (TPSA) is 84.5 Å². The molecule has 6 nitrogen and oxygen atoms in total. The Labute approximate surface area is 197 Å². The Hall–Kier alpha value is -3.04. The van der Waals surface area contributed by atoms with Crippen molar-refractivity contribution in [3.8, 4) is 5.75 Å². The fraction of sp³-hybridized carbons (Fsp3) is 0.208. The van der Waals surface area contributed by atoms with Crippen LogP contribution in [0.1, 0.15) is 24.1 Å². The number of benzene rings is 3. The minimum Gasteiger partial charge on any atom is -0.484 e. The zero-order chi connectivity index (χ0) is 24.0. The summed E-state index contributed by atoms with van der Waals surface area (Å²) in [5, 5.41) is 2.89. The molecule has 0 bridgehead atoms. The summed E-state index contributed by atoms with van der Waals surface area (Å²) in [7, 11) is -3.86. The number of nitrogens with one attached hydrogen (secondary N) is 2. The van der Waals surface area contributed by atoms with Crippen LogP contribution in [-0.2, 0) is 14.8 Å². The number of aryl methyl sites for hydroxylation is 1. The highest BCUT2D eigenvalue weighted by molar-refractivity contribution is 7.98. The van der Waals surface area contributed by atoms with E-state index >= 15 is 0 Å². The van der Waals surface area contributed by atoms with Crippen LogP contribution in [0.4, 0.5) is 10.1 Å². The molecular weight excluding hydrogens is 463 g/mol. The van der Waals surface area contributed by atoms with E-state index in [-0.39, 0.29) is 29.1 Å². The number of carbonyl (C=O) groups excluding carboxylic acids is 1. The number of anilines is 1. The van der Waals surface area contributed by atoms with Crippen molar-refractivity contribution in [2.75, 3.05) is 17.6 Å². The van der Waals surface area contributed by atoms with Crippen LogP contribution in [0.3, 0.4) is 0 Å². The molecule has 0 unspecified atom stereocenters. The molecular formula is C24H25FN2O4S2. The van der Waals surface area contributed by atoms with Crippen LogP contribution in [-0.4, -0.2) is 27.2 Å². The van der Waals surface area contributed by atoms with Crippen LogP contribution >= 0.6 is 11.8 Å². The summed E-state index contributed by atoms with van der Waals surface area (Å²) in [4.78, 5) is 13.5. The van der Waals surface area contributed by atoms with E-state index in [1.54, 1.807) is 18.7 Å². The van der Waals surface area contributed by atoms with Gasteiger partial charge in [0, 0.05) is 10.6 Å². The average molecular weight is 489 g/mol.